The second kappa shape index (κ2) is 44.8. The van der Waals surface area contributed by atoms with E-state index in [0.717, 1.165) is 18.7 Å². The quantitative estimate of drug-likeness (QED) is 0.0327. The Bertz CT molecular complexity index is 4700. The van der Waals surface area contributed by atoms with Gasteiger partial charge in [-0.3, -0.25) is 81.5 Å². The summed E-state index contributed by atoms with van der Waals surface area (Å²) in [6.45, 7) is 4.26. The van der Waals surface area contributed by atoms with Crippen LogP contribution in [0.15, 0.2) is 109 Å². The highest BCUT2D eigenvalue weighted by Crippen LogP contribution is 2.24. The minimum Gasteiger partial charge on any atom is -0.508 e. The number of phenolic OH excluding ortho intramolecular Hbond substituents is 2. The molecule has 4 saturated heterocycles. The third-order valence-electron chi connectivity index (χ3n) is 21.1. The molecule has 19 N–H and O–H groups in total. The van der Waals surface area contributed by atoms with Crippen molar-refractivity contribution in [1.82, 2.24) is 84.3 Å². The Morgan fingerprint density at radius 3 is 1.82 bits per heavy atom. The van der Waals surface area contributed by atoms with E-state index in [4.69, 9.17) is 9.47 Å². The molecule has 124 heavy (non-hydrogen) atoms. The van der Waals surface area contributed by atoms with E-state index in [2.05, 4.69) is 79.4 Å². The lowest BCUT2D eigenvalue weighted by atomic mass is 10.00. The van der Waals surface area contributed by atoms with Crippen LogP contribution in [-0.2, 0) is 121 Å². The van der Waals surface area contributed by atoms with Gasteiger partial charge in [-0.1, -0.05) is 86.6 Å². The Hall–Kier alpha value is -13.6. The molecule has 0 radical (unpaired) electrons. The summed E-state index contributed by atoms with van der Waals surface area (Å²) >= 11 is 0. The van der Waals surface area contributed by atoms with Crippen molar-refractivity contribution in [2.45, 2.75) is 222 Å². The van der Waals surface area contributed by atoms with Gasteiger partial charge in [-0.05, 0) is 130 Å². The number of aromatic amines is 1. The molecule has 15 atom stereocenters. The first-order valence-corrected chi connectivity index (χ1v) is 40.9. The average molecular weight is 1720 g/mol. The third-order valence-corrected chi connectivity index (χ3v) is 21.1. The number of carbonyl (C=O) groups excluding carboxylic acids is 17. The number of phenols is 2. The summed E-state index contributed by atoms with van der Waals surface area (Å²) in [5.41, 5.74) is 2.08. The number of H-pyrrole nitrogens is 1. The number of carboxylic acids is 1. The van der Waals surface area contributed by atoms with E-state index < -0.39 is 255 Å². The molecule has 40 heteroatoms. The van der Waals surface area contributed by atoms with Gasteiger partial charge in [0.25, 0.3) is 0 Å². The number of esters is 2. The zero-order valence-electron chi connectivity index (χ0n) is 69.0. The van der Waals surface area contributed by atoms with Crippen molar-refractivity contribution in [3.05, 3.63) is 132 Å². The van der Waals surface area contributed by atoms with Gasteiger partial charge in [0.2, 0.25) is 88.6 Å². The number of para-hydroxylation sites is 1. The number of nitrogens with zero attached hydrogens (tertiary/aromatic N) is 1. The largest absolute Gasteiger partial charge is 0.508 e. The SMILES string of the molecule is CC(=O)NC(Cc1ccccc1)C(=O)NCC(=O)NC(C(=O)NC1C(=O)NC(CC(C)C)C(=O)NC2CCCCNC(=O)CCC(C(=O)NC(Cc3ccc(O)cc3)C(=O)O)NC(=O)C3CCC(=O)OCC(NC(=O)C4CCCN4C(=O)C(Cc4ccc(O)cc4)NC2=O)C(=O)NC(CC(=O)OC1C)C(=O)NC(Cc1cc2ccccc2[nH]1)C(=O)N3)C(C)O. The van der Waals surface area contributed by atoms with Gasteiger partial charge in [0, 0.05) is 69.7 Å². The van der Waals surface area contributed by atoms with Crippen molar-refractivity contribution in [2.24, 2.45) is 5.92 Å². The summed E-state index contributed by atoms with van der Waals surface area (Å²) in [5.74, 6) is -21.6. The number of aromatic hydroxyl groups is 2. The van der Waals surface area contributed by atoms with E-state index in [1.54, 1.807) is 74.5 Å². The number of ether oxygens (including phenoxy) is 2. The highest BCUT2D eigenvalue weighted by atomic mass is 16.5. The van der Waals surface area contributed by atoms with Crippen molar-refractivity contribution in [2.75, 3.05) is 26.2 Å². The highest BCUT2D eigenvalue weighted by Gasteiger charge is 2.44. The number of aliphatic hydroxyl groups excluding tert-OH is 1. The number of nitrogens with one attached hydrogen (secondary N) is 15. The molecule has 15 amide bonds. The maximum absolute atomic E-state index is 15.5. The number of carboxylic acid groups (broad SMARTS) is 1. The van der Waals surface area contributed by atoms with Crippen molar-refractivity contribution in [3.8, 4) is 11.5 Å². The van der Waals surface area contributed by atoms with Gasteiger partial charge in [-0.25, -0.2) is 4.79 Å². The first kappa shape index (κ1) is 94.3. The predicted molar refractivity (Wildman–Crippen MR) is 438 cm³/mol. The minimum absolute atomic E-state index is 0.00977. The van der Waals surface area contributed by atoms with Crippen molar-refractivity contribution in [3.63, 3.8) is 0 Å². The van der Waals surface area contributed by atoms with Crippen LogP contribution in [0.3, 0.4) is 0 Å². The summed E-state index contributed by atoms with van der Waals surface area (Å²) in [6.07, 6.45) is -9.68. The van der Waals surface area contributed by atoms with Gasteiger partial charge in [0.1, 0.15) is 103 Å². The number of fused-ring (bicyclic) bond motifs is 13. The molecule has 0 spiro atoms. The number of aromatic nitrogens is 1. The lowest BCUT2D eigenvalue weighted by molar-refractivity contribution is -0.155. The van der Waals surface area contributed by atoms with Gasteiger partial charge >= 0.3 is 17.9 Å². The molecule has 4 aliphatic heterocycles. The molecule has 5 heterocycles. The topological polar surface area (TPSA) is 594 Å². The van der Waals surface area contributed by atoms with Crippen LogP contribution in [0.4, 0.5) is 0 Å². The predicted octanol–water partition coefficient (Wildman–Crippen LogP) is -2.94. The number of hydrogen-bond acceptors (Lipinski definition) is 23. The first-order valence-electron chi connectivity index (χ1n) is 40.9. The molecule has 4 aromatic carbocycles. The van der Waals surface area contributed by atoms with Crippen molar-refractivity contribution >= 4 is 117 Å². The normalized spacial score (nSPS) is 23.9. The molecule has 666 valence electrons. The summed E-state index contributed by atoms with van der Waals surface area (Å²) in [7, 11) is 0. The Kier molecular flexibility index (Phi) is 34.1. The first-order chi connectivity index (χ1) is 59.0. The van der Waals surface area contributed by atoms with Gasteiger partial charge in [0.15, 0.2) is 0 Å². The van der Waals surface area contributed by atoms with Crippen LogP contribution in [0, 0.1) is 5.92 Å². The number of cyclic esters (lactones) is 1. The Morgan fingerprint density at radius 2 is 1.15 bits per heavy atom. The van der Waals surface area contributed by atoms with Crippen molar-refractivity contribution in [1.29, 1.82) is 0 Å². The van der Waals surface area contributed by atoms with Gasteiger partial charge < -0.3 is 114 Å². The number of aliphatic hydroxyl groups is 1. The van der Waals surface area contributed by atoms with Crippen molar-refractivity contribution < 1.29 is 116 Å². The lowest BCUT2D eigenvalue weighted by Crippen LogP contribution is -2.63. The smallest absolute Gasteiger partial charge is 0.326 e. The summed E-state index contributed by atoms with van der Waals surface area (Å²) < 4.78 is 11.5. The summed E-state index contributed by atoms with van der Waals surface area (Å²) in [6, 6.07) is 4.02. The molecule has 4 bridgehead atoms. The van der Waals surface area contributed by atoms with Crippen LogP contribution in [0.1, 0.15) is 128 Å². The van der Waals surface area contributed by atoms with Crippen LogP contribution in [0.5, 0.6) is 11.5 Å². The molecule has 0 aliphatic carbocycles. The minimum atomic E-state index is -2.28. The van der Waals surface area contributed by atoms with E-state index >= 15 is 47.9 Å². The Balaban J connectivity index is 1.16. The highest BCUT2D eigenvalue weighted by molar-refractivity contribution is 6.02. The zero-order chi connectivity index (χ0) is 90.0. The number of aliphatic carboxylic acids is 1. The Labute approximate surface area is 711 Å². The molecular formula is C84H106N16O24. The van der Waals surface area contributed by atoms with Crippen LogP contribution in [0.25, 0.3) is 10.9 Å². The maximum Gasteiger partial charge on any atom is 0.326 e. The van der Waals surface area contributed by atoms with E-state index in [-0.39, 0.29) is 88.1 Å². The Morgan fingerprint density at radius 1 is 0.556 bits per heavy atom. The number of rotatable bonds is 21. The number of hydrogen-bond donors (Lipinski definition) is 19. The van der Waals surface area contributed by atoms with Gasteiger partial charge in [-0.2, -0.15) is 0 Å². The number of benzene rings is 4. The van der Waals surface area contributed by atoms with E-state index in [0.29, 0.717) is 27.6 Å². The van der Waals surface area contributed by atoms with Gasteiger partial charge in [-0.15, -0.1) is 0 Å². The van der Waals surface area contributed by atoms with Crippen LogP contribution < -0.4 is 74.4 Å². The molecule has 1 aromatic heterocycles. The fraction of sp³-hybridized carbons (Fsp3) is 0.476. The van der Waals surface area contributed by atoms with E-state index in [9.17, 15) is 58.8 Å². The second-order valence-electron chi connectivity index (χ2n) is 31.5. The fourth-order valence-corrected chi connectivity index (χ4v) is 14.6. The standard InChI is InChI=1S/C84H106N16O24/c1-43(2)34-58-76(113)89-55-18-11-12-32-85-66(105)30-28-56(75(112)96-63(84(121)122)37-49-22-26-53(104)27-23-49)90-74(111)57-29-31-68(107)123-42-64(97-80(117)65-19-13-33-100(65)83(120)62(95-73(55)110)36-48-20-24-52(103)25-21-48)79(116)93-61(78(115)92-60(77(114)91-57)39-51-38-50-16-9-10-17-54(50)88-51)40-69(108)124-45(4)71(82(119)94-58)99-81(118)70(44(3)101)98-67(106)41-86-72(109)59(87-46(5)102)35-47-14-7-6-8-15-47/h6-10,14-17,20-27,38,43-45,55-65,70-71,88,101,103-104H,11-13,18-19,28-37,39-42H2,1-5H3,(H,85,105)(H,86,109)(H,87,102)(H,89,113)(H,90,111)(H,91,114)(H,92,115)(H,93,116)(H,94,119)(H,95,110)(H,96,112)(H,97,117)(H,98,106)(H,99,118)(H,121,122). The number of carbonyl (C=O) groups is 18. The number of amides is 15. The summed E-state index contributed by atoms with van der Waals surface area (Å²) in [4.78, 5) is 267. The molecule has 40 nitrogen and oxygen atoms in total. The third kappa shape index (κ3) is 28.0. The van der Waals surface area contributed by atoms with E-state index in [1.807, 2.05) is 0 Å². The molecule has 9 rings (SSSR count). The second-order valence-corrected chi connectivity index (χ2v) is 31.5. The average Bonchev–Trinajstić information content (AvgIpc) is 1.63. The van der Waals surface area contributed by atoms with Crippen LogP contribution in [0.2, 0.25) is 0 Å². The fourth-order valence-electron chi connectivity index (χ4n) is 14.6. The summed E-state index contributed by atoms with van der Waals surface area (Å²) in [5, 5.41) is 77.6. The van der Waals surface area contributed by atoms with Crippen LogP contribution in [-0.4, -0.2) is 254 Å². The molecule has 4 fully saturated rings. The monoisotopic (exact) mass is 1720 g/mol. The molecule has 15 unspecified atom stereocenters. The molecule has 4 aliphatic rings. The van der Waals surface area contributed by atoms with E-state index in [1.165, 1.54) is 55.5 Å². The van der Waals surface area contributed by atoms with Crippen LogP contribution >= 0.6 is 0 Å². The zero-order valence-corrected chi connectivity index (χ0v) is 69.0. The molecule has 0 saturated carbocycles. The molecular weight excluding hydrogens is 1620 g/mol. The molecule has 5 aromatic rings. The maximum atomic E-state index is 15.5. The lowest BCUT2D eigenvalue weighted by Gasteiger charge is -2.31. The van der Waals surface area contributed by atoms with Gasteiger partial charge in [0.05, 0.1) is 19.1 Å².